The molecule has 0 aromatic heterocycles. The average Bonchev–Trinajstić information content (AvgIpc) is 2.08. The van der Waals surface area contributed by atoms with E-state index in [0.29, 0.717) is 11.3 Å². The van der Waals surface area contributed by atoms with Crippen LogP contribution in [0.15, 0.2) is 12.1 Å². The predicted molar refractivity (Wildman–Crippen MR) is 56.2 cm³/mol. The van der Waals surface area contributed by atoms with Crippen LogP contribution in [-0.4, -0.2) is 15.5 Å². The molecule has 0 atom stereocenters. The van der Waals surface area contributed by atoms with Crippen molar-refractivity contribution in [2.75, 3.05) is 7.11 Å². The maximum absolute atomic E-state index is 13.3. The van der Waals surface area contributed by atoms with Crippen molar-refractivity contribution in [3.05, 3.63) is 29.1 Å². The van der Waals surface area contributed by atoms with Gasteiger partial charge in [-0.2, -0.15) is 0 Å². The van der Waals surface area contributed by atoms with Crippen molar-refractivity contribution >= 4 is 19.7 Å². The first-order valence-electron chi connectivity index (χ1n) is 4.09. The monoisotopic (exact) mass is 252 g/mol. The topological polar surface area (TPSA) is 43.4 Å². The van der Waals surface area contributed by atoms with Crippen LogP contribution < -0.4 is 4.74 Å². The van der Waals surface area contributed by atoms with E-state index < -0.39 is 20.6 Å². The van der Waals surface area contributed by atoms with E-state index in [2.05, 4.69) is 0 Å². The van der Waals surface area contributed by atoms with E-state index in [1.54, 1.807) is 6.92 Å². The summed E-state index contributed by atoms with van der Waals surface area (Å²) < 4.78 is 39.8. The summed E-state index contributed by atoms with van der Waals surface area (Å²) in [5.74, 6) is -0.782. The third-order valence-corrected chi connectivity index (χ3v) is 2.87. The summed E-state index contributed by atoms with van der Waals surface area (Å²) in [6.07, 6.45) is 0. The van der Waals surface area contributed by atoms with Gasteiger partial charge in [-0.05, 0) is 18.6 Å². The van der Waals surface area contributed by atoms with Gasteiger partial charge in [0.15, 0.2) is 0 Å². The summed E-state index contributed by atoms with van der Waals surface area (Å²) in [5, 5.41) is 0. The Labute approximate surface area is 92.2 Å². The molecule has 1 aromatic rings. The lowest BCUT2D eigenvalue weighted by Gasteiger charge is -2.07. The molecule has 0 aliphatic rings. The Morgan fingerprint density at radius 3 is 2.53 bits per heavy atom. The molecule has 0 amide bonds. The van der Waals surface area contributed by atoms with E-state index in [4.69, 9.17) is 15.4 Å². The first kappa shape index (κ1) is 12.3. The smallest absolute Gasteiger partial charge is 0.236 e. The summed E-state index contributed by atoms with van der Waals surface area (Å²) in [6, 6.07) is 2.56. The molecule has 0 N–H and O–H groups in total. The van der Waals surface area contributed by atoms with Crippen LogP contribution in [0.1, 0.15) is 11.1 Å². The van der Waals surface area contributed by atoms with E-state index in [1.165, 1.54) is 13.2 Å². The molecular weight excluding hydrogens is 243 g/mol. The molecule has 1 aromatic carbocycles. The van der Waals surface area contributed by atoms with Crippen LogP contribution in [0.5, 0.6) is 5.75 Å². The highest BCUT2D eigenvalue weighted by molar-refractivity contribution is 8.13. The second-order valence-corrected chi connectivity index (χ2v) is 5.87. The van der Waals surface area contributed by atoms with Crippen LogP contribution in [-0.2, 0) is 14.8 Å². The van der Waals surface area contributed by atoms with E-state index >= 15 is 0 Å². The molecule has 0 fully saturated rings. The molecule has 0 saturated heterocycles. The lowest BCUT2D eigenvalue weighted by Crippen LogP contribution is -2.00. The number of halogens is 2. The number of hydrogen-bond acceptors (Lipinski definition) is 3. The molecule has 0 spiro atoms. The first-order valence-corrected chi connectivity index (χ1v) is 6.56. The SMILES string of the molecule is COc1cc(F)c(CS(=O)(=O)Cl)cc1C. The Morgan fingerprint density at radius 2 is 2.07 bits per heavy atom. The van der Waals surface area contributed by atoms with Crippen molar-refractivity contribution in [2.24, 2.45) is 0 Å². The van der Waals surface area contributed by atoms with Gasteiger partial charge in [-0.25, -0.2) is 12.8 Å². The van der Waals surface area contributed by atoms with Crippen LogP contribution in [0.4, 0.5) is 4.39 Å². The van der Waals surface area contributed by atoms with Crippen molar-refractivity contribution in [1.82, 2.24) is 0 Å². The zero-order chi connectivity index (χ0) is 11.6. The summed E-state index contributed by atoms with van der Waals surface area (Å²) in [7, 11) is 2.71. The number of aryl methyl sites for hydroxylation is 1. The average molecular weight is 253 g/mol. The summed E-state index contributed by atoms with van der Waals surface area (Å²) in [4.78, 5) is 0. The first-order chi connectivity index (χ1) is 6.83. The Kier molecular flexibility index (Phi) is 3.57. The van der Waals surface area contributed by atoms with Gasteiger partial charge in [0, 0.05) is 22.3 Å². The molecule has 0 aliphatic carbocycles. The molecule has 0 bridgehead atoms. The van der Waals surface area contributed by atoms with Crippen molar-refractivity contribution in [1.29, 1.82) is 0 Å². The standard InChI is InChI=1S/C9H10ClFO3S/c1-6-3-7(5-15(10,12)13)8(11)4-9(6)14-2/h3-4H,5H2,1-2H3. The van der Waals surface area contributed by atoms with Crippen LogP contribution >= 0.6 is 10.7 Å². The van der Waals surface area contributed by atoms with E-state index in [0.717, 1.165) is 6.07 Å². The molecule has 0 heterocycles. The molecule has 0 saturated carbocycles. The third kappa shape index (κ3) is 3.35. The minimum atomic E-state index is -3.74. The Hall–Kier alpha value is -0.810. The van der Waals surface area contributed by atoms with Gasteiger partial charge >= 0.3 is 0 Å². The van der Waals surface area contributed by atoms with Crippen LogP contribution in [0.2, 0.25) is 0 Å². The molecule has 84 valence electrons. The van der Waals surface area contributed by atoms with Crippen LogP contribution in [0.25, 0.3) is 0 Å². The maximum Gasteiger partial charge on any atom is 0.236 e. The fraction of sp³-hybridized carbons (Fsp3) is 0.333. The highest BCUT2D eigenvalue weighted by Crippen LogP contribution is 2.23. The molecular formula is C9H10ClFO3S. The maximum atomic E-state index is 13.3. The minimum Gasteiger partial charge on any atom is -0.496 e. The van der Waals surface area contributed by atoms with Gasteiger partial charge in [0.05, 0.1) is 12.9 Å². The minimum absolute atomic E-state index is 0.0447. The predicted octanol–water partition coefficient (Wildman–Crippen LogP) is 2.21. The Morgan fingerprint density at radius 1 is 1.47 bits per heavy atom. The fourth-order valence-corrected chi connectivity index (χ4v) is 2.18. The van der Waals surface area contributed by atoms with Gasteiger partial charge in [0.25, 0.3) is 0 Å². The summed E-state index contributed by atoms with van der Waals surface area (Å²) >= 11 is 0. The lowest BCUT2D eigenvalue weighted by atomic mass is 10.1. The molecule has 6 heteroatoms. The number of hydrogen-bond donors (Lipinski definition) is 0. The number of rotatable bonds is 3. The largest absolute Gasteiger partial charge is 0.496 e. The third-order valence-electron chi connectivity index (χ3n) is 1.89. The van der Waals surface area contributed by atoms with Crippen LogP contribution in [0.3, 0.4) is 0 Å². The summed E-state index contributed by atoms with van der Waals surface area (Å²) in [6.45, 7) is 1.70. The van der Waals surface area contributed by atoms with Gasteiger partial charge in [-0.3, -0.25) is 0 Å². The quantitative estimate of drug-likeness (QED) is 0.775. The van der Waals surface area contributed by atoms with Crippen molar-refractivity contribution in [3.63, 3.8) is 0 Å². The Bertz CT molecular complexity index is 470. The molecule has 3 nitrogen and oxygen atoms in total. The van der Waals surface area contributed by atoms with Crippen molar-refractivity contribution < 1.29 is 17.5 Å². The van der Waals surface area contributed by atoms with Crippen molar-refractivity contribution in [3.8, 4) is 5.75 Å². The van der Waals surface area contributed by atoms with Gasteiger partial charge in [-0.1, -0.05) is 0 Å². The fourth-order valence-electron chi connectivity index (χ4n) is 1.24. The van der Waals surface area contributed by atoms with Gasteiger partial charge < -0.3 is 4.74 Å². The second kappa shape index (κ2) is 4.37. The Balaban J connectivity index is 3.17. The van der Waals surface area contributed by atoms with E-state index in [9.17, 15) is 12.8 Å². The van der Waals surface area contributed by atoms with Gasteiger partial charge in [0.2, 0.25) is 9.05 Å². The lowest BCUT2D eigenvalue weighted by molar-refractivity contribution is 0.407. The highest BCUT2D eigenvalue weighted by Gasteiger charge is 2.13. The highest BCUT2D eigenvalue weighted by atomic mass is 35.7. The van der Waals surface area contributed by atoms with Crippen molar-refractivity contribution in [2.45, 2.75) is 12.7 Å². The normalized spacial score (nSPS) is 11.5. The summed E-state index contributed by atoms with van der Waals surface area (Å²) in [5.41, 5.74) is 0.706. The molecule has 1 rings (SSSR count). The van der Waals surface area contributed by atoms with E-state index in [-0.39, 0.29) is 5.56 Å². The molecule has 0 aliphatic heterocycles. The van der Waals surface area contributed by atoms with Gasteiger partial charge in [-0.15, -0.1) is 0 Å². The molecule has 0 radical (unpaired) electrons. The number of methoxy groups -OCH3 is 1. The molecule has 15 heavy (non-hydrogen) atoms. The zero-order valence-corrected chi connectivity index (χ0v) is 9.82. The number of benzene rings is 1. The molecule has 0 unspecified atom stereocenters. The number of ether oxygens (including phenoxy) is 1. The second-order valence-electron chi connectivity index (χ2n) is 3.10. The van der Waals surface area contributed by atoms with Crippen LogP contribution in [0, 0.1) is 12.7 Å². The van der Waals surface area contributed by atoms with E-state index in [1.807, 2.05) is 0 Å². The van der Waals surface area contributed by atoms with Gasteiger partial charge in [0.1, 0.15) is 11.6 Å². The zero-order valence-electron chi connectivity index (χ0n) is 8.25.